The van der Waals surface area contributed by atoms with E-state index in [1.54, 1.807) is 0 Å². The number of ether oxygens (including phenoxy) is 2. The Morgan fingerprint density at radius 2 is 1.84 bits per heavy atom. The molecule has 2 aliphatic carbocycles. The van der Waals surface area contributed by atoms with E-state index < -0.39 is 0 Å². The molecule has 2 bridgehead atoms. The molecule has 2 heteroatoms. The first-order chi connectivity index (χ1) is 9.04. The summed E-state index contributed by atoms with van der Waals surface area (Å²) in [6.07, 6.45) is 6.66. The summed E-state index contributed by atoms with van der Waals surface area (Å²) in [4.78, 5) is 0. The average Bonchev–Trinajstić information content (AvgIpc) is 3.04. The summed E-state index contributed by atoms with van der Waals surface area (Å²) in [6.45, 7) is 10.1. The first kappa shape index (κ1) is 13.9. The number of hydrogen-bond donors (Lipinski definition) is 0. The molecule has 2 saturated carbocycles. The Balaban J connectivity index is 1.60. The van der Waals surface area contributed by atoms with Crippen LogP contribution in [0.5, 0.6) is 0 Å². The Morgan fingerprint density at radius 3 is 2.47 bits per heavy atom. The minimum absolute atomic E-state index is 0.294. The highest BCUT2D eigenvalue weighted by Crippen LogP contribution is 2.57. The van der Waals surface area contributed by atoms with E-state index >= 15 is 0 Å². The maximum Gasteiger partial charge on any atom is 0.166 e. The summed E-state index contributed by atoms with van der Waals surface area (Å²) in [7, 11) is 0. The van der Waals surface area contributed by atoms with E-state index in [2.05, 4.69) is 27.7 Å². The molecule has 0 spiro atoms. The summed E-state index contributed by atoms with van der Waals surface area (Å²) in [6, 6.07) is 0. The Labute approximate surface area is 118 Å². The van der Waals surface area contributed by atoms with Crippen LogP contribution < -0.4 is 0 Å². The fourth-order valence-corrected chi connectivity index (χ4v) is 4.91. The van der Waals surface area contributed by atoms with Crippen molar-refractivity contribution in [2.45, 2.75) is 71.7 Å². The van der Waals surface area contributed by atoms with Crippen molar-refractivity contribution in [2.75, 3.05) is 6.61 Å². The monoisotopic (exact) mass is 266 g/mol. The summed E-state index contributed by atoms with van der Waals surface area (Å²) in [5.74, 6) is 4.12. The molecule has 2 nitrogen and oxygen atoms in total. The summed E-state index contributed by atoms with van der Waals surface area (Å²) < 4.78 is 12.4. The van der Waals surface area contributed by atoms with Gasteiger partial charge in [0.2, 0.25) is 0 Å². The molecule has 7 atom stereocenters. The van der Waals surface area contributed by atoms with Crippen LogP contribution in [0.1, 0.15) is 59.8 Å². The molecule has 0 aromatic rings. The molecule has 0 aromatic heterocycles. The molecule has 1 saturated heterocycles. The average molecular weight is 266 g/mol. The molecular weight excluding hydrogens is 236 g/mol. The number of unbranched alkanes of at least 4 members (excludes halogenated alkanes) is 1. The molecule has 1 heterocycles. The van der Waals surface area contributed by atoms with Gasteiger partial charge in [0.25, 0.3) is 0 Å². The lowest BCUT2D eigenvalue weighted by molar-refractivity contribution is -0.167. The summed E-state index contributed by atoms with van der Waals surface area (Å²) in [5.41, 5.74) is 0. The van der Waals surface area contributed by atoms with E-state index in [4.69, 9.17) is 9.47 Å². The standard InChI is InChI=1S/C17H30O2/c1-5-6-7-17(4)18-10-16(19-17)15-9-13-8-14(15)12(3)11(13)2/h11-16H,5-10H2,1-4H3. The Morgan fingerprint density at radius 1 is 1.11 bits per heavy atom. The third-order valence-corrected chi connectivity index (χ3v) is 6.36. The first-order valence-corrected chi connectivity index (χ1v) is 8.36. The van der Waals surface area contributed by atoms with Crippen LogP contribution in [0, 0.1) is 29.6 Å². The fourth-order valence-electron chi connectivity index (χ4n) is 4.91. The molecule has 110 valence electrons. The lowest BCUT2D eigenvalue weighted by Gasteiger charge is -2.35. The molecule has 0 N–H and O–H groups in total. The van der Waals surface area contributed by atoms with Crippen LogP contribution in [0.2, 0.25) is 0 Å². The smallest absolute Gasteiger partial charge is 0.166 e. The zero-order valence-electron chi connectivity index (χ0n) is 13.0. The maximum absolute atomic E-state index is 6.35. The van der Waals surface area contributed by atoms with E-state index in [1.807, 2.05) is 0 Å². The van der Waals surface area contributed by atoms with Crippen molar-refractivity contribution in [2.24, 2.45) is 29.6 Å². The highest BCUT2D eigenvalue weighted by Gasteiger charge is 2.53. The van der Waals surface area contributed by atoms with Gasteiger partial charge < -0.3 is 9.47 Å². The third kappa shape index (κ3) is 2.35. The van der Waals surface area contributed by atoms with Gasteiger partial charge in [0.1, 0.15) is 0 Å². The van der Waals surface area contributed by atoms with Crippen LogP contribution in [0.15, 0.2) is 0 Å². The second-order valence-electron chi connectivity index (χ2n) is 7.48. The molecule has 19 heavy (non-hydrogen) atoms. The van der Waals surface area contributed by atoms with Crippen LogP contribution in [0.3, 0.4) is 0 Å². The van der Waals surface area contributed by atoms with Gasteiger partial charge >= 0.3 is 0 Å². The molecule has 0 amide bonds. The Kier molecular flexibility index (Phi) is 3.68. The van der Waals surface area contributed by atoms with Gasteiger partial charge in [-0.25, -0.2) is 0 Å². The molecular formula is C17H30O2. The second kappa shape index (κ2) is 5.04. The van der Waals surface area contributed by atoms with E-state index in [0.717, 1.165) is 42.6 Å². The van der Waals surface area contributed by atoms with Gasteiger partial charge in [-0.05, 0) is 55.8 Å². The minimum atomic E-state index is -0.294. The van der Waals surface area contributed by atoms with Crippen LogP contribution >= 0.6 is 0 Å². The predicted octanol–water partition coefficient (Wildman–Crippen LogP) is 4.24. The zero-order valence-corrected chi connectivity index (χ0v) is 13.0. The van der Waals surface area contributed by atoms with E-state index in [1.165, 1.54) is 25.7 Å². The van der Waals surface area contributed by atoms with Gasteiger partial charge in [-0.2, -0.15) is 0 Å². The van der Waals surface area contributed by atoms with Crippen LogP contribution in [0.4, 0.5) is 0 Å². The van der Waals surface area contributed by atoms with Gasteiger partial charge in [0.15, 0.2) is 5.79 Å². The largest absolute Gasteiger partial charge is 0.348 e. The normalized spacial score (nSPS) is 53.1. The van der Waals surface area contributed by atoms with Crippen LogP contribution in [-0.4, -0.2) is 18.5 Å². The molecule has 3 aliphatic rings. The quantitative estimate of drug-likeness (QED) is 0.758. The van der Waals surface area contributed by atoms with Crippen LogP contribution in [0.25, 0.3) is 0 Å². The van der Waals surface area contributed by atoms with Crippen molar-refractivity contribution < 1.29 is 9.47 Å². The number of fused-ring (bicyclic) bond motifs is 2. The van der Waals surface area contributed by atoms with Crippen molar-refractivity contribution in [3.8, 4) is 0 Å². The fraction of sp³-hybridized carbons (Fsp3) is 1.00. The topological polar surface area (TPSA) is 18.5 Å². The Bertz CT molecular complexity index is 327. The minimum Gasteiger partial charge on any atom is -0.348 e. The van der Waals surface area contributed by atoms with Gasteiger partial charge in [0, 0.05) is 6.42 Å². The highest BCUT2D eigenvalue weighted by molar-refractivity contribution is 5.01. The van der Waals surface area contributed by atoms with Gasteiger partial charge in [-0.15, -0.1) is 0 Å². The molecule has 3 fully saturated rings. The van der Waals surface area contributed by atoms with Crippen LogP contribution in [-0.2, 0) is 9.47 Å². The zero-order chi connectivity index (χ0) is 13.6. The number of rotatable bonds is 4. The Hall–Kier alpha value is -0.0800. The molecule has 7 unspecified atom stereocenters. The lowest BCUT2D eigenvalue weighted by atomic mass is 9.74. The number of hydrogen-bond acceptors (Lipinski definition) is 2. The lowest BCUT2D eigenvalue weighted by Crippen LogP contribution is -2.35. The van der Waals surface area contributed by atoms with Crippen molar-refractivity contribution in [3.05, 3.63) is 0 Å². The predicted molar refractivity (Wildman–Crippen MR) is 76.8 cm³/mol. The van der Waals surface area contributed by atoms with Gasteiger partial charge in [0.05, 0.1) is 12.7 Å². The molecule has 0 aromatic carbocycles. The summed E-state index contributed by atoms with van der Waals surface area (Å²) >= 11 is 0. The van der Waals surface area contributed by atoms with Gasteiger partial charge in [-0.3, -0.25) is 0 Å². The van der Waals surface area contributed by atoms with Crippen molar-refractivity contribution in [3.63, 3.8) is 0 Å². The van der Waals surface area contributed by atoms with Crippen molar-refractivity contribution in [1.29, 1.82) is 0 Å². The van der Waals surface area contributed by atoms with Crippen molar-refractivity contribution >= 4 is 0 Å². The molecule has 3 rings (SSSR count). The van der Waals surface area contributed by atoms with Gasteiger partial charge in [-0.1, -0.05) is 27.2 Å². The first-order valence-electron chi connectivity index (χ1n) is 8.36. The summed E-state index contributed by atoms with van der Waals surface area (Å²) in [5, 5.41) is 0. The van der Waals surface area contributed by atoms with E-state index in [0.29, 0.717) is 6.10 Å². The molecule has 0 radical (unpaired) electrons. The third-order valence-electron chi connectivity index (χ3n) is 6.36. The van der Waals surface area contributed by atoms with E-state index in [9.17, 15) is 0 Å². The maximum atomic E-state index is 6.35. The van der Waals surface area contributed by atoms with Crippen molar-refractivity contribution in [1.82, 2.24) is 0 Å². The second-order valence-corrected chi connectivity index (χ2v) is 7.48. The SMILES string of the molecule is CCCCC1(C)OCC(C2CC3CC2C(C)C3C)O1. The highest BCUT2D eigenvalue weighted by atomic mass is 16.7. The van der Waals surface area contributed by atoms with E-state index in [-0.39, 0.29) is 5.79 Å². The molecule has 1 aliphatic heterocycles.